The number of aryl methyl sites for hydroxylation is 1. The maximum absolute atomic E-state index is 12.9. The summed E-state index contributed by atoms with van der Waals surface area (Å²) in [6.07, 6.45) is 5.21. The van der Waals surface area contributed by atoms with Crippen LogP contribution in [-0.4, -0.2) is 37.0 Å². The topological polar surface area (TPSA) is 41.6 Å². The van der Waals surface area contributed by atoms with Crippen molar-refractivity contribution in [3.05, 3.63) is 65.2 Å². The Hall–Kier alpha value is -2.33. The first-order valence-corrected chi connectivity index (χ1v) is 10.5. The number of hydrogen-bond donors (Lipinski definition) is 1. The van der Waals surface area contributed by atoms with Crippen molar-refractivity contribution in [2.75, 3.05) is 20.2 Å². The smallest absolute Gasteiger partial charge is 0.227 e. The van der Waals surface area contributed by atoms with Crippen LogP contribution in [0, 0.1) is 0 Å². The van der Waals surface area contributed by atoms with Gasteiger partial charge in [-0.2, -0.15) is 0 Å². The van der Waals surface area contributed by atoms with Crippen LogP contribution in [0.15, 0.2) is 48.5 Å². The number of amides is 1. The lowest BCUT2D eigenvalue weighted by molar-refractivity contribution is -0.123. The summed E-state index contributed by atoms with van der Waals surface area (Å²) in [6, 6.07) is 17.0. The third-order valence-electron chi connectivity index (χ3n) is 6.16. The number of methoxy groups -OCH3 is 1. The third kappa shape index (κ3) is 4.39. The molecule has 0 aromatic heterocycles. The number of hydrogen-bond acceptors (Lipinski definition) is 3. The van der Waals surface area contributed by atoms with Crippen LogP contribution in [0.1, 0.15) is 48.3 Å². The van der Waals surface area contributed by atoms with E-state index in [1.165, 1.54) is 16.7 Å². The number of nitrogens with one attached hydrogen (secondary N) is 1. The van der Waals surface area contributed by atoms with Crippen LogP contribution in [0.5, 0.6) is 5.75 Å². The molecule has 1 N–H and O–H groups in total. The van der Waals surface area contributed by atoms with E-state index in [0.29, 0.717) is 6.04 Å². The van der Waals surface area contributed by atoms with E-state index in [2.05, 4.69) is 46.6 Å². The highest BCUT2D eigenvalue weighted by Crippen LogP contribution is 2.32. The van der Waals surface area contributed by atoms with Crippen LogP contribution < -0.4 is 10.1 Å². The van der Waals surface area contributed by atoms with Gasteiger partial charge in [0.1, 0.15) is 5.75 Å². The fourth-order valence-corrected chi connectivity index (χ4v) is 4.59. The van der Waals surface area contributed by atoms with Crippen LogP contribution >= 0.6 is 0 Å². The molecule has 1 heterocycles. The summed E-state index contributed by atoms with van der Waals surface area (Å²) in [5.41, 5.74) is 3.87. The van der Waals surface area contributed by atoms with Gasteiger partial charge in [-0.3, -0.25) is 9.69 Å². The van der Waals surface area contributed by atoms with Crippen molar-refractivity contribution in [3.8, 4) is 5.75 Å². The number of fused-ring (bicyclic) bond motifs is 1. The van der Waals surface area contributed by atoms with Crippen LogP contribution in [0.3, 0.4) is 0 Å². The third-order valence-corrected chi connectivity index (χ3v) is 6.16. The molecular formula is C24H30N2O2. The molecule has 4 rings (SSSR count). The van der Waals surface area contributed by atoms with Crippen molar-refractivity contribution in [2.24, 2.45) is 0 Å². The van der Waals surface area contributed by atoms with E-state index in [9.17, 15) is 4.79 Å². The van der Waals surface area contributed by atoms with Crippen molar-refractivity contribution in [2.45, 2.75) is 50.6 Å². The molecule has 0 saturated carbocycles. The predicted octanol–water partition coefficient (Wildman–Crippen LogP) is 3.90. The number of rotatable bonds is 5. The molecule has 2 aromatic rings. The first-order chi connectivity index (χ1) is 13.7. The summed E-state index contributed by atoms with van der Waals surface area (Å²) in [6.45, 7) is 2.97. The average molecular weight is 379 g/mol. The molecule has 28 heavy (non-hydrogen) atoms. The Morgan fingerprint density at radius 2 is 1.93 bits per heavy atom. The molecule has 0 unspecified atom stereocenters. The summed E-state index contributed by atoms with van der Waals surface area (Å²) < 4.78 is 5.32. The van der Waals surface area contributed by atoms with Crippen LogP contribution in [-0.2, 0) is 17.8 Å². The minimum Gasteiger partial charge on any atom is -0.497 e. The molecule has 0 spiro atoms. The van der Waals surface area contributed by atoms with E-state index in [1.807, 2.05) is 12.1 Å². The van der Waals surface area contributed by atoms with Crippen LogP contribution in [0.25, 0.3) is 0 Å². The molecule has 2 aromatic carbocycles. The Balaban J connectivity index is 1.29. The zero-order valence-electron chi connectivity index (χ0n) is 16.7. The number of carbonyl (C=O) groups is 1. The molecule has 0 bridgehead atoms. The van der Waals surface area contributed by atoms with E-state index >= 15 is 0 Å². The number of carbonyl (C=O) groups excluding carboxylic acids is 1. The predicted molar refractivity (Wildman–Crippen MR) is 112 cm³/mol. The van der Waals surface area contributed by atoms with Gasteiger partial charge in [-0.25, -0.2) is 0 Å². The minimum absolute atomic E-state index is 0.0276. The maximum Gasteiger partial charge on any atom is 0.227 e. The summed E-state index contributed by atoms with van der Waals surface area (Å²) in [4.78, 5) is 15.4. The quantitative estimate of drug-likeness (QED) is 0.858. The minimum atomic E-state index is 0.0276. The lowest BCUT2D eigenvalue weighted by atomic mass is 9.82. The molecule has 1 fully saturated rings. The van der Waals surface area contributed by atoms with Crippen molar-refractivity contribution in [1.82, 2.24) is 10.2 Å². The van der Waals surface area contributed by atoms with E-state index in [1.54, 1.807) is 7.11 Å². The highest BCUT2D eigenvalue weighted by atomic mass is 16.5. The maximum atomic E-state index is 12.9. The van der Waals surface area contributed by atoms with Gasteiger partial charge in [0.05, 0.1) is 13.0 Å². The normalized spacial score (nSPS) is 20.4. The van der Waals surface area contributed by atoms with E-state index < -0.39 is 0 Å². The molecule has 4 nitrogen and oxygen atoms in total. The van der Waals surface area contributed by atoms with Gasteiger partial charge in [0.25, 0.3) is 0 Å². The highest BCUT2D eigenvalue weighted by molar-refractivity contribution is 5.84. The Morgan fingerprint density at radius 1 is 1.11 bits per heavy atom. The van der Waals surface area contributed by atoms with Gasteiger partial charge >= 0.3 is 0 Å². The largest absolute Gasteiger partial charge is 0.497 e. The van der Waals surface area contributed by atoms with Gasteiger partial charge in [0.2, 0.25) is 5.91 Å². The second-order valence-electron chi connectivity index (χ2n) is 8.05. The fraction of sp³-hybridized carbons (Fsp3) is 0.458. The Kier molecular flexibility index (Phi) is 5.96. The van der Waals surface area contributed by atoms with Gasteiger partial charge in [0, 0.05) is 25.7 Å². The molecule has 2 aliphatic rings. The second kappa shape index (κ2) is 8.78. The van der Waals surface area contributed by atoms with Gasteiger partial charge < -0.3 is 10.1 Å². The second-order valence-corrected chi connectivity index (χ2v) is 8.05. The summed E-state index contributed by atoms with van der Waals surface area (Å²) in [7, 11) is 1.71. The van der Waals surface area contributed by atoms with Gasteiger partial charge in [-0.1, -0.05) is 36.4 Å². The van der Waals surface area contributed by atoms with E-state index in [-0.39, 0.29) is 11.8 Å². The lowest BCUT2D eigenvalue weighted by Crippen LogP contribution is -2.46. The molecule has 1 atom stereocenters. The Morgan fingerprint density at radius 3 is 2.75 bits per heavy atom. The van der Waals surface area contributed by atoms with Crippen molar-refractivity contribution in [3.63, 3.8) is 0 Å². The Bertz CT molecular complexity index is 812. The molecular weight excluding hydrogens is 348 g/mol. The molecule has 148 valence electrons. The number of benzene rings is 2. The summed E-state index contributed by atoms with van der Waals surface area (Å²) >= 11 is 0. The number of piperidine rings is 1. The summed E-state index contributed by atoms with van der Waals surface area (Å²) in [5.74, 6) is 1.16. The highest BCUT2D eigenvalue weighted by Gasteiger charge is 2.28. The molecule has 4 heteroatoms. The monoisotopic (exact) mass is 378 g/mol. The van der Waals surface area contributed by atoms with Crippen LogP contribution in [0.4, 0.5) is 0 Å². The molecule has 1 aliphatic carbocycles. The zero-order chi connectivity index (χ0) is 19.3. The summed E-state index contributed by atoms with van der Waals surface area (Å²) in [5, 5.41) is 3.35. The Labute approximate surface area is 167 Å². The lowest BCUT2D eigenvalue weighted by Gasteiger charge is -2.34. The van der Waals surface area contributed by atoms with Crippen molar-refractivity contribution in [1.29, 1.82) is 0 Å². The van der Waals surface area contributed by atoms with E-state index in [4.69, 9.17) is 4.74 Å². The van der Waals surface area contributed by atoms with Crippen molar-refractivity contribution >= 4 is 5.91 Å². The molecule has 1 aliphatic heterocycles. The van der Waals surface area contributed by atoms with Crippen molar-refractivity contribution < 1.29 is 9.53 Å². The SMILES string of the molecule is COc1cccc(CN2CCC(NC(=O)[C@@H]3CCCc4ccccc43)CC2)c1. The van der Waals surface area contributed by atoms with Gasteiger partial charge in [0.15, 0.2) is 0 Å². The average Bonchev–Trinajstić information content (AvgIpc) is 2.75. The van der Waals surface area contributed by atoms with Gasteiger partial charge in [-0.05, 0) is 60.9 Å². The van der Waals surface area contributed by atoms with Gasteiger partial charge in [-0.15, -0.1) is 0 Å². The number of nitrogens with zero attached hydrogens (tertiary/aromatic N) is 1. The number of ether oxygens (including phenoxy) is 1. The molecule has 1 saturated heterocycles. The first-order valence-electron chi connectivity index (χ1n) is 10.5. The molecule has 0 radical (unpaired) electrons. The number of likely N-dealkylation sites (tertiary alicyclic amines) is 1. The standard InChI is InChI=1S/C24H30N2O2/c1-28-21-9-4-6-18(16-21)17-26-14-12-20(13-15-26)25-24(27)23-11-5-8-19-7-2-3-10-22(19)23/h2-4,6-7,9-10,16,20,23H,5,8,11-15,17H2,1H3,(H,25,27)/t23-/m1/s1. The van der Waals surface area contributed by atoms with Crippen LogP contribution in [0.2, 0.25) is 0 Å². The fourth-order valence-electron chi connectivity index (χ4n) is 4.59. The van der Waals surface area contributed by atoms with E-state index in [0.717, 1.165) is 57.5 Å². The molecule has 1 amide bonds. The zero-order valence-corrected chi connectivity index (χ0v) is 16.7. The first kappa shape index (κ1) is 19.0.